The minimum atomic E-state index is -0.876. The van der Waals surface area contributed by atoms with Crippen molar-refractivity contribution in [3.63, 3.8) is 0 Å². The van der Waals surface area contributed by atoms with Crippen LogP contribution in [0.3, 0.4) is 0 Å². The number of phenols is 1. The van der Waals surface area contributed by atoms with E-state index in [1.165, 1.54) is 25.7 Å². The number of hydrogen-bond donors (Lipinski definition) is 2. The first-order chi connectivity index (χ1) is 11.1. The van der Waals surface area contributed by atoms with Crippen molar-refractivity contribution in [3.8, 4) is 17.6 Å². The molecule has 0 aromatic heterocycles. The van der Waals surface area contributed by atoms with Gasteiger partial charge in [0.2, 0.25) is 0 Å². The van der Waals surface area contributed by atoms with Gasteiger partial charge < -0.3 is 10.2 Å². The number of unbranched alkanes of at least 4 members (excludes halogenated alkanes) is 6. The van der Waals surface area contributed by atoms with Gasteiger partial charge in [0.1, 0.15) is 11.4 Å². The van der Waals surface area contributed by atoms with E-state index in [0.717, 1.165) is 44.1 Å². The van der Waals surface area contributed by atoms with Crippen molar-refractivity contribution in [2.24, 2.45) is 0 Å². The Balaban J connectivity index is 2.66. The topological polar surface area (TPSA) is 40.5 Å². The van der Waals surface area contributed by atoms with Gasteiger partial charge >= 0.3 is 0 Å². The summed E-state index contributed by atoms with van der Waals surface area (Å²) >= 11 is 0. The molecule has 0 saturated carbocycles. The number of phenolic OH excluding ortho intramolecular Hbond substituents is 1. The molecule has 2 nitrogen and oxygen atoms in total. The molecule has 0 aliphatic rings. The molecule has 0 atom stereocenters. The van der Waals surface area contributed by atoms with Gasteiger partial charge in [0.15, 0.2) is 0 Å². The molecule has 0 aliphatic heterocycles. The van der Waals surface area contributed by atoms with E-state index < -0.39 is 5.60 Å². The van der Waals surface area contributed by atoms with E-state index >= 15 is 0 Å². The summed E-state index contributed by atoms with van der Waals surface area (Å²) < 4.78 is 0. The smallest absolute Gasteiger partial charge is 0.125 e. The van der Waals surface area contributed by atoms with Gasteiger partial charge in [-0.25, -0.2) is 0 Å². The summed E-state index contributed by atoms with van der Waals surface area (Å²) in [5, 5.41) is 20.2. The van der Waals surface area contributed by atoms with Crippen molar-refractivity contribution in [1.82, 2.24) is 0 Å². The zero-order valence-corrected chi connectivity index (χ0v) is 14.8. The second kappa shape index (κ2) is 11.1. The maximum absolute atomic E-state index is 10.9. The Bertz CT molecular complexity index is 467. The highest BCUT2D eigenvalue weighted by Crippen LogP contribution is 2.23. The average molecular weight is 316 g/mol. The maximum Gasteiger partial charge on any atom is 0.125 e. The number of rotatable bonds is 10. The standard InChI is InChI=1S/C21H32O2/c1-3-5-7-9-16-21(23,17-10-8-6-4-2)18-15-19-11-13-20(22)14-12-19/h11-14,22-23H,3-10,16-17H2,1-2H3. The van der Waals surface area contributed by atoms with E-state index in [9.17, 15) is 10.2 Å². The molecule has 0 radical (unpaired) electrons. The van der Waals surface area contributed by atoms with Crippen LogP contribution in [0.1, 0.15) is 83.6 Å². The third-order valence-electron chi connectivity index (χ3n) is 4.19. The van der Waals surface area contributed by atoms with Crippen LogP contribution in [-0.2, 0) is 0 Å². The molecule has 0 amide bonds. The lowest BCUT2D eigenvalue weighted by Crippen LogP contribution is -2.26. The molecule has 0 saturated heterocycles. The SMILES string of the molecule is CCCCCCC(O)(C#Cc1ccc(O)cc1)CCCCCC. The van der Waals surface area contributed by atoms with Crippen LogP contribution in [0.5, 0.6) is 5.75 Å². The van der Waals surface area contributed by atoms with Crippen LogP contribution in [0, 0.1) is 11.8 Å². The van der Waals surface area contributed by atoms with Gasteiger partial charge in [-0.3, -0.25) is 0 Å². The predicted molar refractivity (Wildman–Crippen MR) is 97.5 cm³/mol. The van der Waals surface area contributed by atoms with Crippen LogP contribution in [0.4, 0.5) is 0 Å². The van der Waals surface area contributed by atoms with Crippen LogP contribution < -0.4 is 0 Å². The predicted octanol–water partition coefficient (Wildman–Crippen LogP) is 5.42. The molecule has 0 spiro atoms. The number of aromatic hydroxyl groups is 1. The molecule has 1 aromatic rings. The molecule has 0 bridgehead atoms. The molecule has 0 unspecified atom stereocenters. The van der Waals surface area contributed by atoms with Crippen LogP contribution in [0.15, 0.2) is 24.3 Å². The Labute approximate surface area is 141 Å². The van der Waals surface area contributed by atoms with E-state index in [2.05, 4.69) is 25.7 Å². The number of aliphatic hydroxyl groups is 1. The number of benzene rings is 1. The first kappa shape index (κ1) is 19.6. The van der Waals surface area contributed by atoms with E-state index in [4.69, 9.17) is 0 Å². The fraction of sp³-hybridized carbons (Fsp3) is 0.619. The second-order valence-corrected chi connectivity index (χ2v) is 6.45. The molecular formula is C21H32O2. The molecule has 1 rings (SSSR count). The van der Waals surface area contributed by atoms with Crippen molar-refractivity contribution in [2.45, 2.75) is 83.7 Å². The molecule has 128 valence electrons. The van der Waals surface area contributed by atoms with Gasteiger partial charge in [0, 0.05) is 5.56 Å². The van der Waals surface area contributed by atoms with Crippen molar-refractivity contribution < 1.29 is 10.2 Å². The first-order valence-corrected chi connectivity index (χ1v) is 9.14. The summed E-state index contributed by atoms with van der Waals surface area (Å²) in [7, 11) is 0. The highest BCUT2D eigenvalue weighted by Gasteiger charge is 2.23. The van der Waals surface area contributed by atoms with E-state index in [1.807, 2.05) is 0 Å². The largest absolute Gasteiger partial charge is 0.508 e. The molecule has 23 heavy (non-hydrogen) atoms. The summed E-state index contributed by atoms with van der Waals surface area (Å²) in [4.78, 5) is 0. The summed E-state index contributed by atoms with van der Waals surface area (Å²) in [6.45, 7) is 4.39. The zero-order valence-electron chi connectivity index (χ0n) is 14.8. The lowest BCUT2D eigenvalue weighted by Gasteiger charge is -2.22. The zero-order chi connectivity index (χ0) is 17.0. The van der Waals surface area contributed by atoms with Gasteiger partial charge in [-0.2, -0.15) is 0 Å². The highest BCUT2D eigenvalue weighted by molar-refractivity contribution is 5.39. The Morgan fingerprint density at radius 2 is 1.35 bits per heavy atom. The fourth-order valence-corrected chi connectivity index (χ4v) is 2.67. The first-order valence-electron chi connectivity index (χ1n) is 9.14. The molecule has 0 fully saturated rings. The monoisotopic (exact) mass is 316 g/mol. The van der Waals surface area contributed by atoms with E-state index in [-0.39, 0.29) is 5.75 Å². The molecule has 0 aliphatic carbocycles. The quantitative estimate of drug-likeness (QED) is 0.447. The van der Waals surface area contributed by atoms with Crippen LogP contribution in [-0.4, -0.2) is 15.8 Å². The molecule has 2 heteroatoms. The molecule has 1 aromatic carbocycles. The minimum Gasteiger partial charge on any atom is -0.508 e. The third-order valence-corrected chi connectivity index (χ3v) is 4.19. The molecular weight excluding hydrogens is 284 g/mol. The van der Waals surface area contributed by atoms with Gasteiger partial charge in [0.05, 0.1) is 0 Å². The van der Waals surface area contributed by atoms with Gasteiger partial charge in [0.25, 0.3) is 0 Å². The minimum absolute atomic E-state index is 0.241. The van der Waals surface area contributed by atoms with Crippen LogP contribution in [0.2, 0.25) is 0 Å². The summed E-state index contributed by atoms with van der Waals surface area (Å²) in [5.41, 5.74) is -0.0392. The number of hydrogen-bond acceptors (Lipinski definition) is 2. The summed E-state index contributed by atoms with van der Waals surface area (Å²) in [5.74, 6) is 6.43. The maximum atomic E-state index is 10.9. The Kier molecular flexibility index (Phi) is 9.48. The summed E-state index contributed by atoms with van der Waals surface area (Å²) in [6, 6.07) is 6.84. The van der Waals surface area contributed by atoms with Crippen molar-refractivity contribution in [2.75, 3.05) is 0 Å². The molecule has 2 N–H and O–H groups in total. The average Bonchev–Trinajstić information content (AvgIpc) is 2.55. The van der Waals surface area contributed by atoms with E-state index in [1.54, 1.807) is 24.3 Å². The van der Waals surface area contributed by atoms with Crippen molar-refractivity contribution in [1.29, 1.82) is 0 Å². The van der Waals surface area contributed by atoms with Crippen molar-refractivity contribution in [3.05, 3.63) is 29.8 Å². The second-order valence-electron chi connectivity index (χ2n) is 6.45. The Hall–Kier alpha value is -1.46. The summed E-state index contributed by atoms with van der Waals surface area (Å²) in [6.07, 6.45) is 10.7. The Morgan fingerprint density at radius 3 is 1.83 bits per heavy atom. The van der Waals surface area contributed by atoms with Crippen LogP contribution in [0.25, 0.3) is 0 Å². The van der Waals surface area contributed by atoms with Gasteiger partial charge in [-0.05, 0) is 49.9 Å². The van der Waals surface area contributed by atoms with Crippen LogP contribution >= 0.6 is 0 Å². The van der Waals surface area contributed by atoms with Gasteiger partial charge in [-0.1, -0.05) is 64.2 Å². The lowest BCUT2D eigenvalue weighted by atomic mass is 9.90. The normalized spacial score (nSPS) is 11.1. The van der Waals surface area contributed by atoms with Crippen molar-refractivity contribution >= 4 is 0 Å². The fourth-order valence-electron chi connectivity index (χ4n) is 2.67. The molecule has 0 heterocycles. The van der Waals surface area contributed by atoms with Gasteiger partial charge in [-0.15, -0.1) is 0 Å². The Morgan fingerprint density at radius 1 is 0.826 bits per heavy atom. The third kappa shape index (κ3) is 8.67. The lowest BCUT2D eigenvalue weighted by molar-refractivity contribution is 0.0763. The highest BCUT2D eigenvalue weighted by atomic mass is 16.3. The van der Waals surface area contributed by atoms with E-state index in [0.29, 0.717) is 0 Å².